The lowest BCUT2D eigenvalue weighted by Gasteiger charge is -2.10. The predicted molar refractivity (Wildman–Crippen MR) is 41.9 cm³/mol. The Hall–Kier alpha value is -0.990. The summed E-state index contributed by atoms with van der Waals surface area (Å²) in [4.78, 5) is 12.7. The van der Waals surface area contributed by atoms with Crippen LogP contribution in [0.2, 0.25) is 0 Å². The zero-order valence-electron chi connectivity index (χ0n) is 6.91. The van der Waals surface area contributed by atoms with Crippen LogP contribution in [0, 0.1) is 0 Å². The summed E-state index contributed by atoms with van der Waals surface area (Å²) in [6.07, 6.45) is 5.69. The lowest BCUT2D eigenvalue weighted by molar-refractivity contribution is -0.134. The van der Waals surface area contributed by atoms with E-state index in [-0.39, 0.29) is 5.97 Å². The second-order valence-electron chi connectivity index (χ2n) is 2.74. The minimum Gasteiger partial charge on any atom is -0.466 e. The van der Waals surface area contributed by atoms with Crippen molar-refractivity contribution in [1.82, 2.24) is 4.90 Å². The Kier molecular flexibility index (Phi) is 2.52. The van der Waals surface area contributed by atoms with Crippen LogP contribution in [0.15, 0.2) is 12.3 Å². The molecule has 0 aromatic rings. The average molecular weight is 155 g/mol. The summed E-state index contributed by atoms with van der Waals surface area (Å²) in [6, 6.07) is 0.649. The van der Waals surface area contributed by atoms with Crippen LogP contribution in [-0.2, 0) is 9.53 Å². The lowest BCUT2D eigenvalue weighted by atomic mass is 10.5. The molecule has 1 saturated carbocycles. The number of esters is 1. The van der Waals surface area contributed by atoms with Crippen molar-refractivity contribution in [2.45, 2.75) is 18.9 Å². The first-order valence-corrected chi connectivity index (χ1v) is 3.72. The first kappa shape index (κ1) is 8.11. The molecular weight excluding hydrogens is 142 g/mol. The van der Waals surface area contributed by atoms with Gasteiger partial charge in [0, 0.05) is 25.4 Å². The summed E-state index contributed by atoms with van der Waals surface area (Å²) in [5.74, 6) is -0.294. The van der Waals surface area contributed by atoms with E-state index in [9.17, 15) is 4.79 Å². The molecule has 3 heteroatoms. The molecule has 62 valence electrons. The van der Waals surface area contributed by atoms with Gasteiger partial charge in [-0.25, -0.2) is 4.79 Å². The van der Waals surface area contributed by atoms with Crippen molar-refractivity contribution in [3.05, 3.63) is 12.3 Å². The maximum atomic E-state index is 10.6. The largest absolute Gasteiger partial charge is 0.466 e. The van der Waals surface area contributed by atoms with E-state index in [4.69, 9.17) is 0 Å². The Labute approximate surface area is 66.6 Å². The van der Waals surface area contributed by atoms with E-state index in [1.54, 1.807) is 6.20 Å². The zero-order chi connectivity index (χ0) is 8.27. The molecule has 0 aromatic carbocycles. The van der Waals surface area contributed by atoms with Gasteiger partial charge in [0.15, 0.2) is 0 Å². The summed E-state index contributed by atoms with van der Waals surface area (Å²) in [5.41, 5.74) is 0. The standard InChI is InChI=1S/C8H13NO2/c1-9(7-3-4-7)6-5-8(10)11-2/h5-7H,3-4H2,1-2H3/b6-5+. The average Bonchev–Trinajstić information content (AvgIpc) is 2.81. The molecule has 0 saturated heterocycles. The quantitative estimate of drug-likeness (QED) is 0.445. The molecule has 1 aliphatic rings. The monoisotopic (exact) mass is 155 g/mol. The summed E-state index contributed by atoms with van der Waals surface area (Å²) < 4.78 is 4.45. The Morgan fingerprint density at radius 3 is 2.73 bits per heavy atom. The van der Waals surface area contributed by atoms with Crippen LogP contribution in [0.1, 0.15) is 12.8 Å². The Balaban J connectivity index is 2.26. The third kappa shape index (κ3) is 2.62. The first-order chi connectivity index (χ1) is 5.24. The van der Waals surface area contributed by atoms with Crippen LogP contribution in [0.3, 0.4) is 0 Å². The van der Waals surface area contributed by atoms with Crippen LogP contribution >= 0.6 is 0 Å². The molecule has 0 spiro atoms. The molecule has 11 heavy (non-hydrogen) atoms. The van der Waals surface area contributed by atoms with Crippen molar-refractivity contribution in [3.8, 4) is 0 Å². The molecule has 3 nitrogen and oxygen atoms in total. The zero-order valence-corrected chi connectivity index (χ0v) is 6.91. The molecule has 0 atom stereocenters. The van der Waals surface area contributed by atoms with Gasteiger partial charge in [0.05, 0.1) is 7.11 Å². The van der Waals surface area contributed by atoms with Crippen molar-refractivity contribution in [2.24, 2.45) is 0 Å². The number of hydrogen-bond donors (Lipinski definition) is 0. The van der Waals surface area contributed by atoms with Gasteiger partial charge in [-0.1, -0.05) is 0 Å². The van der Waals surface area contributed by atoms with Crippen LogP contribution in [0.4, 0.5) is 0 Å². The minimum absolute atomic E-state index is 0.294. The van der Waals surface area contributed by atoms with E-state index in [1.807, 2.05) is 11.9 Å². The number of rotatable bonds is 3. The van der Waals surface area contributed by atoms with Crippen molar-refractivity contribution in [3.63, 3.8) is 0 Å². The van der Waals surface area contributed by atoms with Crippen molar-refractivity contribution in [1.29, 1.82) is 0 Å². The number of methoxy groups -OCH3 is 1. The van der Waals surface area contributed by atoms with E-state index >= 15 is 0 Å². The van der Waals surface area contributed by atoms with Crippen LogP contribution in [0.5, 0.6) is 0 Å². The van der Waals surface area contributed by atoms with Gasteiger partial charge in [-0.2, -0.15) is 0 Å². The molecule has 0 radical (unpaired) electrons. The minimum atomic E-state index is -0.294. The third-order valence-electron chi connectivity index (χ3n) is 1.77. The molecule has 1 fully saturated rings. The van der Waals surface area contributed by atoms with Crippen LogP contribution in [0.25, 0.3) is 0 Å². The summed E-state index contributed by atoms with van der Waals surface area (Å²) in [6.45, 7) is 0. The number of hydrogen-bond acceptors (Lipinski definition) is 3. The molecule has 0 N–H and O–H groups in total. The number of ether oxygens (including phenoxy) is 1. The van der Waals surface area contributed by atoms with Gasteiger partial charge >= 0.3 is 5.97 Å². The summed E-state index contributed by atoms with van der Waals surface area (Å²) in [7, 11) is 3.35. The number of carbonyl (C=O) groups is 1. The summed E-state index contributed by atoms with van der Waals surface area (Å²) in [5, 5.41) is 0. The highest BCUT2D eigenvalue weighted by Crippen LogP contribution is 2.25. The molecule has 0 aliphatic heterocycles. The second-order valence-corrected chi connectivity index (χ2v) is 2.74. The topological polar surface area (TPSA) is 29.5 Å². The van der Waals surface area contributed by atoms with Gasteiger partial charge in [-0.05, 0) is 12.8 Å². The highest BCUT2D eigenvalue weighted by atomic mass is 16.5. The van der Waals surface area contributed by atoms with E-state index in [2.05, 4.69) is 4.74 Å². The van der Waals surface area contributed by atoms with E-state index in [1.165, 1.54) is 26.0 Å². The SMILES string of the molecule is COC(=O)/C=C/N(C)C1CC1. The van der Waals surface area contributed by atoms with Gasteiger partial charge in [0.25, 0.3) is 0 Å². The molecule has 0 unspecified atom stereocenters. The highest BCUT2D eigenvalue weighted by molar-refractivity contribution is 5.81. The Morgan fingerprint density at radius 2 is 2.27 bits per heavy atom. The number of nitrogens with zero attached hydrogens (tertiary/aromatic N) is 1. The van der Waals surface area contributed by atoms with Gasteiger partial charge < -0.3 is 9.64 Å². The Morgan fingerprint density at radius 1 is 1.64 bits per heavy atom. The van der Waals surface area contributed by atoms with E-state index in [0.29, 0.717) is 6.04 Å². The molecule has 1 aliphatic carbocycles. The second kappa shape index (κ2) is 3.42. The molecule has 0 amide bonds. The van der Waals surface area contributed by atoms with Gasteiger partial charge in [0.2, 0.25) is 0 Å². The fraction of sp³-hybridized carbons (Fsp3) is 0.625. The molecule has 0 bridgehead atoms. The van der Waals surface area contributed by atoms with Crippen molar-refractivity contribution >= 4 is 5.97 Å². The fourth-order valence-corrected chi connectivity index (χ4v) is 0.850. The van der Waals surface area contributed by atoms with E-state index < -0.39 is 0 Å². The lowest BCUT2D eigenvalue weighted by Crippen LogP contribution is -2.13. The van der Waals surface area contributed by atoms with Gasteiger partial charge in [-0.15, -0.1) is 0 Å². The van der Waals surface area contributed by atoms with Crippen LogP contribution < -0.4 is 0 Å². The fourth-order valence-electron chi connectivity index (χ4n) is 0.850. The number of carbonyl (C=O) groups excluding carboxylic acids is 1. The summed E-state index contributed by atoms with van der Waals surface area (Å²) >= 11 is 0. The van der Waals surface area contributed by atoms with Gasteiger partial charge in [0.1, 0.15) is 0 Å². The first-order valence-electron chi connectivity index (χ1n) is 3.72. The maximum absolute atomic E-state index is 10.6. The smallest absolute Gasteiger partial charge is 0.331 e. The van der Waals surface area contributed by atoms with Crippen LogP contribution in [-0.4, -0.2) is 31.1 Å². The van der Waals surface area contributed by atoms with Crippen molar-refractivity contribution in [2.75, 3.05) is 14.2 Å². The van der Waals surface area contributed by atoms with E-state index in [0.717, 1.165) is 0 Å². The maximum Gasteiger partial charge on any atom is 0.331 e. The van der Waals surface area contributed by atoms with Gasteiger partial charge in [-0.3, -0.25) is 0 Å². The predicted octanol–water partition coefficient (Wildman–Crippen LogP) is 0.767. The normalized spacial score (nSPS) is 16.9. The Bertz CT molecular complexity index is 173. The highest BCUT2D eigenvalue weighted by Gasteiger charge is 2.23. The molecular formula is C8H13NO2. The molecule has 0 aromatic heterocycles. The molecule has 0 heterocycles. The molecule has 1 rings (SSSR count). The third-order valence-corrected chi connectivity index (χ3v) is 1.77. The van der Waals surface area contributed by atoms with Crippen molar-refractivity contribution < 1.29 is 9.53 Å².